The smallest absolute Gasteiger partial charge is 0.307 e. The first-order chi connectivity index (χ1) is 12.5. The lowest BCUT2D eigenvalue weighted by Crippen LogP contribution is -2.39. The summed E-state index contributed by atoms with van der Waals surface area (Å²) in [5.74, 6) is -0.587. The summed E-state index contributed by atoms with van der Waals surface area (Å²) in [6.07, 6.45) is 7.19. The van der Waals surface area contributed by atoms with Gasteiger partial charge in [0.1, 0.15) is 5.75 Å². The molecule has 5 nitrogen and oxygen atoms in total. The highest BCUT2D eigenvalue weighted by atomic mass is 16.5. The molecule has 2 saturated carbocycles. The Morgan fingerprint density at radius 1 is 1.19 bits per heavy atom. The van der Waals surface area contributed by atoms with Gasteiger partial charge in [0.25, 0.3) is 0 Å². The number of hydrogen-bond donors (Lipinski definition) is 2. The van der Waals surface area contributed by atoms with Gasteiger partial charge in [-0.15, -0.1) is 0 Å². The minimum atomic E-state index is -0.870. The van der Waals surface area contributed by atoms with E-state index in [4.69, 9.17) is 4.74 Å². The second-order valence-corrected chi connectivity index (χ2v) is 7.92. The molecule has 2 N–H and O–H groups in total. The molecule has 2 bridgehead atoms. The third-order valence-corrected chi connectivity index (χ3v) is 5.89. The minimum absolute atomic E-state index is 0.00920. The van der Waals surface area contributed by atoms with Crippen molar-refractivity contribution in [2.45, 2.75) is 32.7 Å². The number of benzene rings is 1. The van der Waals surface area contributed by atoms with Gasteiger partial charge in [-0.1, -0.05) is 24.3 Å². The molecule has 0 spiro atoms. The molecule has 0 aromatic heterocycles. The fourth-order valence-electron chi connectivity index (χ4n) is 4.25. The van der Waals surface area contributed by atoms with E-state index in [-0.39, 0.29) is 17.7 Å². The maximum absolute atomic E-state index is 12.7. The molecular weight excluding hydrogens is 330 g/mol. The number of ether oxygens (including phenoxy) is 1. The Hall–Kier alpha value is -2.30. The lowest BCUT2D eigenvalue weighted by atomic mass is 9.82. The lowest BCUT2D eigenvalue weighted by molar-refractivity contribution is -0.147. The number of aliphatic carboxylic acids is 1. The van der Waals surface area contributed by atoms with Gasteiger partial charge in [0.05, 0.1) is 18.4 Å². The molecule has 3 aliphatic rings. The summed E-state index contributed by atoms with van der Waals surface area (Å²) in [7, 11) is 0. The molecule has 0 radical (unpaired) electrons. The first-order valence-corrected chi connectivity index (χ1v) is 9.44. The van der Waals surface area contributed by atoms with Gasteiger partial charge >= 0.3 is 5.97 Å². The van der Waals surface area contributed by atoms with Gasteiger partial charge in [0.15, 0.2) is 0 Å². The Kier molecular flexibility index (Phi) is 4.47. The topological polar surface area (TPSA) is 75.6 Å². The Morgan fingerprint density at radius 3 is 2.62 bits per heavy atom. The minimum Gasteiger partial charge on any atom is -0.493 e. The van der Waals surface area contributed by atoms with Crippen LogP contribution in [0.4, 0.5) is 0 Å². The Bertz CT molecular complexity index is 752. The number of carboxylic acid groups (broad SMARTS) is 1. The van der Waals surface area contributed by atoms with E-state index in [1.165, 1.54) is 12.8 Å². The number of nitrogens with one attached hydrogen (secondary N) is 1. The third kappa shape index (κ3) is 3.35. The van der Waals surface area contributed by atoms with Crippen molar-refractivity contribution in [1.82, 2.24) is 5.32 Å². The third-order valence-electron chi connectivity index (χ3n) is 5.89. The second kappa shape index (κ2) is 6.78. The van der Waals surface area contributed by atoms with Gasteiger partial charge in [0.2, 0.25) is 5.91 Å². The molecule has 26 heavy (non-hydrogen) atoms. The van der Waals surface area contributed by atoms with Gasteiger partial charge in [-0.2, -0.15) is 0 Å². The fraction of sp³-hybridized carbons (Fsp3) is 0.524. The van der Waals surface area contributed by atoms with E-state index in [1.807, 2.05) is 37.3 Å². The fourth-order valence-corrected chi connectivity index (χ4v) is 4.25. The van der Waals surface area contributed by atoms with E-state index in [1.54, 1.807) is 0 Å². The van der Waals surface area contributed by atoms with Crippen molar-refractivity contribution in [3.8, 4) is 5.75 Å². The second-order valence-electron chi connectivity index (χ2n) is 7.92. The summed E-state index contributed by atoms with van der Waals surface area (Å²) in [4.78, 5) is 24.3. The number of carbonyl (C=O) groups is 2. The number of rotatable bonds is 7. The molecule has 0 heterocycles. The quantitative estimate of drug-likeness (QED) is 0.738. The molecule has 2 fully saturated rings. The Morgan fingerprint density at radius 2 is 1.92 bits per heavy atom. The van der Waals surface area contributed by atoms with Crippen LogP contribution in [-0.2, 0) is 16.1 Å². The lowest BCUT2D eigenvalue weighted by Gasteiger charge is -2.24. The molecule has 4 atom stereocenters. The SMILES string of the molecule is Cc1ccc(CNC(=O)C2C3C=CC(C3)C2C(=O)O)c(OCC2CC2)c1. The predicted molar refractivity (Wildman–Crippen MR) is 96.6 cm³/mol. The number of amides is 1. The molecule has 5 heteroatoms. The van der Waals surface area contributed by atoms with Crippen LogP contribution in [0.3, 0.4) is 0 Å². The maximum atomic E-state index is 12.7. The van der Waals surface area contributed by atoms with E-state index >= 15 is 0 Å². The van der Waals surface area contributed by atoms with Crippen LogP contribution in [-0.4, -0.2) is 23.6 Å². The van der Waals surface area contributed by atoms with Crippen molar-refractivity contribution in [3.63, 3.8) is 0 Å². The number of fused-ring (bicyclic) bond motifs is 2. The van der Waals surface area contributed by atoms with Crippen LogP contribution < -0.4 is 10.1 Å². The van der Waals surface area contributed by atoms with E-state index in [2.05, 4.69) is 5.32 Å². The Labute approximate surface area is 153 Å². The van der Waals surface area contributed by atoms with Gasteiger partial charge < -0.3 is 15.2 Å². The van der Waals surface area contributed by atoms with E-state index in [0.717, 1.165) is 29.9 Å². The van der Waals surface area contributed by atoms with Crippen LogP contribution in [0.15, 0.2) is 30.4 Å². The summed E-state index contributed by atoms with van der Waals surface area (Å²) in [6.45, 7) is 3.11. The average molecular weight is 355 g/mol. The predicted octanol–water partition coefficient (Wildman–Crippen LogP) is 2.92. The molecule has 4 rings (SSSR count). The van der Waals surface area contributed by atoms with Crippen molar-refractivity contribution in [2.24, 2.45) is 29.6 Å². The number of allylic oxidation sites excluding steroid dienone is 2. The van der Waals surface area contributed by atoms with Crippen molar-refractivity contribution in [3.05, 3.63) is 41.5 Å². The zero-order chi connectivity index (χ0) is 18.3. The summed E-state index contributed by atoms with van der Waals surface area (Å²) in [6, 6.07) is 5.99. The van der Waals surface area contributed by atoms with Crippen molar-refractivity contribution < 1.29 is 19.4 Å². The van der Waals surface area contributed by atoms with Gasteiger partial charge in [-0.3, -0.25) is 9.59 Å². The van der Waals surface area contributed by atoms with Crippen molar-refractivity contribution in [2.75, 3.05) is 6.61 Å². The van der Waals surface area contributed by atoms with Crippen LogP contribution in [0.2, 0.25) is 0 Å². The molecule has 1 amide bonds. The summed E-state index contributed by atoms with van der Waals surface area (Å²) in [5.41, 5.74) is 2.06. The molecule has 1 aromatic carbocycles. The highest BCUT2D eigenvalue weighted by Crippen LogP contribution is 2.48. The van der Waals surface area contributed by atoms with Gasteiger partial charge in [-0.05, 0) is 55.6 Å². The first kappa shape index (κ1) is 17.1. The standard InChI is InChI=1S/C21H25NO4/c1-12-2-5-16(17(8-12)26-11-13-3-4-13)10-22-20(23)18-14-6-7-15(9-14)19(18)21(24)25/h2,5-8,13-15,18-19H,3-4,9-11H2,1H3,(H,22,23)(H,24,25). The van der Waals surface area contributed by atoms with E-state index in [0.29, 0.717) is 12.5 Å². The summed E-state index contributed by atoms with van der Waals surface area (Å²) >= 11 is 0. The number of carbonyl (C=O) groups excluding carboxylic acids is 1. The highest BCUT2D eigenvalue weighted by Gasteiger charge is 2.51. The summed E-state index contributed by atoms with van der Waals surface area (Å²) < 4.78 is 5.95. The van der Waals surface area contributed by atoms with Crippen LogP contribution in [0, 0.1) is 36.5 Å². The average Bonchev–Trinajstić information content (AvgIpc) is 3.21. The molecule has 0 saturated heterocycles. The molecule has 4 unspecified atom stereocenters. The summed E-state index contributed by atoms with van der Waals surface area (Å²) in [5, 5.41) is 12.5. The molecule has 3 aliphatic carbocycles. The van der Waals surface area contributed by atoms with Crippen LogP contribution in [0.1, 0.15) is 30.4 Å². The molecule has 138 valence electrons. The maximum Gasteiger partial charge on any atom is 0.307 e. The van der Waals surface area contributed by atoms with Crippen molar-refractivity contribution in [1.29, 1.82) is 0 Å². The number of aryl methyl sites for hydroxylation is 1. The van der Waals surface area contributed by atoms with Crippen LogP contribution in [0.25, 0.3) is 0 Å². The Balaban J connectivity index is 1.42. The highest BCUT2D eigenvalue weighted by molar-refractivity contribution is 5.86. The number of carboxylic acids is 1. The molecule has 1 aromatic rings. The van der Waals surface area contributed by atoms with E-state index < -0.39 is 17.8 Å². The van der Waals surface area contributed by atoms with Crippen LogP contribution >= 0.6 is 0 Å². The number of hydrogen-bond acceptors (Lipinski definition) is 3. The zero-order valence-corrected chi connectivity index (χ0v) is 15.0. The van der Waals surface area contributed by atoms with Crippen LogP contribution in [0.5, 0.6) is 5.75 Å². The normalized spacial score (nSPS) is 29.0. The van der Waals surface area contributed by atoms with Gasteiger partial charge in [-0.25, -0.2) is 0 Å². The molecular formula is C21H25NO4. The van der Waals surface area contributed by atoms with Crippen molar-refractivity contribution >= 4 is 11.9 Å². The van der Waals surface area contributed by atoms with E-state index in [9.17, 15) is 14.7 Å². The van der Waals surface area contributed by atoms with Gasteiger partial charge in [0, 0.05) is 12.1 Å². The monoisotopic (exact) mass is 355 g/mol. The zero-order valence-electron chi connectivity index (χ0n) is 15.0. The largest absolute Gasteiger partial charge is 0.493 e. The first-order valence-electron chi connectivity index (χ1n) is 9.44. The molecule has 0 aliphatic heterocycles.